The van der Waals surface area contributed by atoms with E-state index in [1.54, 1.807) is 31.4 Å². The van der Waals surface area contributed by atoms with Gasteiger partial charge in [0.25, 0.3) is 11.7 Å². The highest BCUT2D eigenvalue weighted by Gasteiger charge is 2.48. The van der Waals surface area contributed by atoms with Gasteiger partial charge in [0.2, 0.25) is 0 Å². The maximum absolute atomic E-state index is 13.2. The van der Waals surface area contributed by atoms with Crippen LogP contribution in [0.3, 0.4) is 0 Å². The Bertz CT molecular complexity index is 1240. The number of ketones is 1. The standard InChI is InChI=1S/C27H27NO5/c1-15(2)18-8-10-19(11-9-18)28-24(21-7-6-12-33-21)23(26(30)27(28)31)25(29)20-13-17(4)22(32-5)14-16(20)3/h6-15,24,29H,1-5H3/b25-23-. The summed E-state index contributed by atoms with van der Waals surface area (Å²) in [5.41, 5.74) is 3.67. The third-order valence-corrected chi connectivity index (χ3v) is 6.09. The minimum absolute atomic E-state index is 0.00412. The largest absolute Gasteiger partial charge is 0.507 e. The van der Waals surface area contributed by atoms with Crippen LogP contribution in [0.5, 0.6) is 5.75 Å². The predicted octanol–water partition coefficient (Wildman–Crippen LogP) is 5.65. The minimum atomic E-state index is -0.883. The quantitative estimate of drug-likeness (QED) is 0.312. The van der Waals surface area contributed by atoms with Gasteiger partial charge < -0.3 is 14.3 Å². The molecular weight excluding hydrogens is 418 g/mol. The molecule has 1 amide bonds. The van der Waals surface area contributed by atoms with E-state index in [1.165, 1.54) is 11.2 Å². The smallest absolute Gasteiger partial charge is 0.300 e. The zero-order valence-electron chi connectivity index (χ0n) is 19.4. The highest BCUT2D eigenvalue weighted by Crippen LogP contribution is 2.43. The van der Waals surface area contributed by atoms with Gasteiger partial charge in [0, 0.05) is 11.3 Å². The molecule has 0 spiro atoms. The molecule has 1 aliphatic heterocycles. The number of nitrogens with zero attached hydrogens (tertiary/aromatic N) is 1. The summed E-state index contributed by atoms with van der Waals surface area (Å²) in [5, 5.41) is 11.3. The van der Waals surface area contributed by atoms with Crippen LogP contribution in [0.25, 0.3) is 5.76 Å². The molecule has 6 heteroatoms. The first-order chi connectivity index (χ1) is 15.7. The molecule has 3 aromatic rings. The molecule has 1 aromatic heterocycles. The maximum Gasteiger partial charge on any atom is 0.300 e. The van der Waals surface area contributed by atoms with E-state index in [4.69, 9.17) is 9.15 Å². The van der Waals surface area contributed by atoms with Crippen LogP contribution < -0.4 is 9.64 Å². The van der Waals surface area contributed by atoms with Crippen LogP contribution in [0.1, 0.15) is 53.8 Å². The molecule has 1 N–H and O–H groups in total. The third-order valence-electron chi connectivity index (χ3n) is 6.09. The first kappa shape index (κ1) is 22.4. The van der Waals surface area contributed by atoms with Gasteiger partial charge in [-0.15, -0.1) is 0 Å². The molecule has 0 bridgehead atoms. The average molecular weight is 446 g/mol. The molecule has 1 saturated heterocycles. The van der Waals surface area contributed by atoms with Crippen LogP contribution >= 0.6 is 0 Å². The monoisotopic (exact) mass is 445 g/mol. The van der Waals surface area contributed by atoms with Crippen molar-refractivity contribution in [2.75, 3.05) is 12.0 Å². The molecule has 170 valence electrons. The molecule has 1 aliphatic rings. The average Bonchev–Trinajstić information content (AvgIpc) is 3.41. The van der Waals surface area contributed by atoms with Gasteiger partial charge in [-0.1, -0.05) is 26.0 Å². The van der Waals surface area contributed by atoms with E-state index in [0.29, 0.717) is 28.7 Å². The van der Waals surface area contributed by atoms with Gasteiger partial charge in [0.05, 0.1) is 18.9 Å². The lowest BCUT2D eigenvalue weighted by Gasteiger charge is -2.24. The molecule has 1 fully saturated rings. The summed E-state index contributed by atoms with van der Waals surface area (Å²) in [6.45, 7) is 7.85. The number of hydrogen-bond donors (Lipinski definition) is 1. The molecule has 0 saturated carbocycles. The Labute approximate surface area is 193 Å². The summed E-state index contributed by atoms with van der Waals surface area (Å²) in [4.78, 5) is 27.8. The molecule has 1 atom stereocenters. The molecular formula is C27H27NO5. The summed E-state index contributed by atoms with van der Waals surface area (Å²) in [6, 6.07) is 13.6. The number of furan rings is 1. The number of methoxy groups -OCH3 is 1. The van der Waals surface area contributed by atoms with Gasteiger partial charge in [-0.25, -0.2) is 0 Å². The molecule has 0 radical (unpaired) electrons. The van der Waals surface area contributed by atoms with E-state index >= 15 is 0 Å². The van der Waals surface area contributed by atoms with Gasteiger partial charge in [0.1, 0.15) is 23.3 Å². The van der Waals surface area contributed by atoms with Crippen LogP contribution in [-0.2, 0) is 9.59 Å². The van der Waals surface area contributed by atoms with Gasteiger partial charge in [-0.2, -0.15) is 0 Å². The first-order valence-corrected chi connectivity index (χ1v) is 10.8. The van der Waals surface area contributed by atoms with E-state index in [0.717, 1.165) is 16.7 Å². The number of rotatable bonds is 5. The van der Waals surface area contributed by atoms with E-state index in [1.807, 2.05) is 38.1 Å². The number of benzene rings is 2. The van der Waals surface area contributed by atoms with Crippen molar-refractivity contribution in [2.45, 2.75) is 39.7 Å². The maximum atomic E-state index is 13.2. The Balaban J connectivity index is 1.90. The topological polar surface area (TPSA) is 80.0 Å². The molecule has 6 nitrogen and oxygen atoms in total. The fourth-order valence-corrected chi connectivity index (χ4v) is 4.24. The van der Waals surface area contributed by atoms with Crippen molar-refractivity contribution in [3.8, 4) is 5.75 Å². The molecule has 33 heavy (non-hydrogen) atoms. The van der Waals surface area contributed by atoms with Gasteiger partial charge >= 0.3 is 0 Å². The highest BCUT2D eigenvalue weighted by atomic mass is 16.5. The normalized spacial score (nSPS) is 17.8. The second-order valence-corrected chi connectivity index (χ2v) is 8.57. The number of aliphatic hydroxyl groups excluding tert-OH is 1. The number of anilines is 1. The second kappa shape index (κ2) is 8.62. The lowest BCUT2D eigenvalue weighted by Crippen LogP contribution is -2.29. The number of aryl methyl sites for hydroxylation is 2. The highest BCUT2D eigenvalue weighted by molar-refractivity contribution is 6.51. The summed E-state index contributed by atoms with van der Waals surface area (Å²) < 4.78 is 11.0. The predicted molar refractivity (Wildman–Crippen MR) is 126 cm³/mol. The Morgan fingerprint density at radius 1 is 1.06 bits per heavy atom. The van der Waals surface area contributed by atoms with Crippen molar-refractivity contribution >= 4 is 23.1 Å². The van der Waals surface area contributed by atoms with Crippen LogP contribution in [0.15, 0.2) is 64.8 Å². The van der Waals surface area contributed by atoms with Crippen LogP contribution in [0.2, 0.25) is 0 Å². The first-order valence-electron chi connectivity index (χ1n) is 10.8. The Kier molecular flexibility index (Phi) is 5.85. The second-order valence-electron chi connectivity index (χ2n) is 8.57. The van der Waals surface area contributed by atoms with Gasteiger partial charge in [-0.3, -0.25) is 14.5 Å². The van der Waals surface area contributed by atoms with Crippen molar-refractivity contribution in [1.82, 2.24) is 0 Å². The van der Waals surface area contributed by atoms with Crippen molar-refractivity contribution < 1.29 is 23.8 Å². The lowest BCUT2D eigenvalue weighted by molar-refractivity contribution is -0.132. The molecule has 2 aromatic carbocycles. The van der Waals surface area contributed by atoms with Crippen LogP contribution in [-0.4, -0.2) is 23.9 Å². The fourth-order valence-electron chi connectivity index (χ4n) is 4.24. The van der Waals surface area contributed by atoms with E-state index in [-0.39, 0.29) is 11.3 Å². The molecule has 0 aliphatic carbocycles. The summed E-state index contributed by atoms with van der Waals surface area (Å²) in [7, 11) is 1.58. The van der Waals surface area contributed by atoms with E-state index in [2.05, 4.69) is 13.8 Å². The van der Waals surface area contributed by atoms with Gasteiger partial charge in [-0.05, 0) is 72.9 Å². The molecule has 1 unspecified atom stereocenters. The van der Waals surface area contributed by atoms with Crippen molar-refractivity contribution in [1.29, 1.82) is 0 Å². The third kappa shape index (κ3) is 3.82. The van der Waals surface area contributed by atoms with Gasteiger partial charge in [0.15, 0.2) is 0 Å². The number of hydrogen-bond acceptors (Lipinski definition) is 5. The Hall–Kier alpha value is -3.80. The number of carbonyl (C=O) groups is 2. The van der Waals surface area contributed by atoms with Crippen molar-refractivity contribution in [3.05, 3.63) is 88.4 Å². The number of ether oxygens (including phenoxy) is 1. The molecule has 4 rings (SSSR count). The van der Waals surface area contributed by atoms with E-state index in [9.17, 15) is 14.7 Å². The Morgan fingerprint density at radius 3 is 2.33 bits per heavy atom. The number of aliphatic hydroxyl groups is 1. The summed E-state index contributed by atoms with van der Waals surface area (Å²) >= 11 is 0. The number of amides is 1. The number of Topliss-reactive ketones (excluding diaryl/α,β-unsaturated/α-hetero) is 1. The zero-order valence-corrected chi connectivity index (χ0v) is 19.4. The van der Waals surface area contributed by atoms with Crippen molar-refractivity contribution in [2.24, 2.45) is 0 Å². The van der Waals surface area contributed by atoms with Crippen LogP contribution in [0.4, 0.5) is 5.69 Å². The fraction of sp³-hybridized carbons (Fsp3) is 0.259. The zero-order chi connectivity index (χ0) is 23.9. The van der Waals surface area contributed by atoms with Crippen LogP contribution in [0, 0.1) is 13.8 Å². The summed E-state index contributed by atoms with van der Waals surface area (Å²) in [5.74, 6) is -0.298. The minimum Gasteiger partial charge on any atom is -0.507 e. The summed E-state index contributed by atoms with van der Waals surface area (Å²) in [6.07, 6.45) is 1.49. The van der Waals surface area contributed by atoms with E-state index < -0.39 is 17.7 Å². The number of carbonyl (C=O) groups excluding carboxylic acids is 2. The van der Waals surface area contributed by atoms with Crippen molar-refractivity contribution in [3.63, 3.8) is 0 Å². The SMILES string of the molecule is COc1cc(C)c(/C(O)=C2/C(=O)C(=O)N(c3ccc(C(C)C)cc3)C2c2ccco2)cc1C. The molecule has 2 heterocycles. The lowest BCUT2D eigenvalue weighted by atomic mass is 9.95. The Morgan fingerprint density at radius 2 is 1.76 bits per heavy atom.